The molecule has 1 unspecified atom stereocenters. The van der Waals surface area contributed by atoms with E-state index in [4.69, 9.17) is 16.3 Å². The van der Waals surface area contributed by atoms with Crippen LogP contribution < -0.4 is 4.74 Å². The van der Waals surface area contributed by atoms with E-state index in [1.807, 2.05) is 6.92 Å². The van der Waals surface area contributed by atoms with Gasteiger partial charge in [-0.05, 0) is 36.2 Å². The average molecular weight is 281 g/mol. The van der Waals surface area contributed by atoms with E-state index in [9.17, 15) is 9.50 Å². The van der Waals surface area contributed by atoms with Gasteiger partial charge in [0.25, 0.3) is 0 Å². The average Bonchev–Trinajstić information content (AvgIpc) is 2.43. The van der Waals surface area contributed by atoms with Crippen molar-refractivity contribution in [3.63, 3.8) is 0 Å². The summed E-state index contributed by atoms with van der Waals surface area (Å²) in [7, 11) is 0. The van der Waals surface area contributed by atoms with Gasteiger partial charge in [0, 0.05) is 6.07 Å². The van der Waals surface area contributed by atoms with E-state index in [0.29, 0.717) is 17.9 Å². The molecule has 0 saturated carbocycles. The zero-order valence-electron chi connectivity index (χ0n) is 10.4. The summed E-state index contributed by atoms with van der Waals surface area (Å²) >= 11 is 5.60. The minimum atomic E-state index is -0.516. The second-order valence-electron chi connectivity index (χ2n) is 4.17. The fraction of sp³-hybridized carbons (Fsp3) is 0.200. The van der Waals surface area contributed by atoms with Gasteiger partial charge in [-0.3, -0.25) is 0 Å². The Morgan fingerprint density at radius 1 is 1.16 bits per heavy atom. The lowest BCUT2D eigenvalue weighted by Crippen LogP contribution is -1.94. The lowest BCUT2D eigenvalue weighted by Gasteiger charge is -2.10. The highest BCUT2D eigenvalue weighted by molar-refractivity contribution is 6.30. The van der Waals surface area contributed by atoms with Crippen molar-refractivity contribution in [1.82, 2.24) is 0 Å². The molecule has 2 nitrogen and oxygen atoms in total. The number of aliphatic hydroxyl groups excluding tert-OH is 1. The van der Waals surface area contributed by atoms with Gasteiger partial charge in [0.05, 0.1) is 11.1 Å². The molecule has 0 saturated heterocycles. The molecule has 4 heteroatoms. The number of ether oxygens (including phenoxy) is 1. The molecule has 2 rings (SSSR count). The second-order valence-corrected chi connectivity index (χ2v) is 4.58. The Hall–Kier alpha value is -1.58. The van der Waals surface area contributed by atoms with Crippen molar-refractivity contribution in [2.45, 2.75) is 19.4 Å². The van der Waals surface area contributed by atoms with Crippen LogP contribution in [0.1, 0.15) is 25.0 Å². The number of hydrogen-bond acceptors (Lipinski definition) is 2. The Kier molecular flexibility index (Phi) is 4.40. The summed E-state index contributed by atoms with van der Waals surface area (Å²) in [6.45, 7) is 1.91. The Bertz CT molecular complexity index is 555. The first-order valence-electron chi connectivity index (χ1n) is 6.01. The molecule has 0 bridgehead atoms. The Labute approximate surface area is 116 Å². The zero-order chi connectivity index (χ0) is 13.8. The third-order valence-electron chi connectivity index (χ3n) is 2.78. The normalized spacial score (nSPS) is 12.2. The van der Waals surface area contributed by atoms with Crippen LogP contribution in [0, 0.1) is 5.82 Å². The van der Waals surface area contributed by atoms with Gasteiger partial charge >= 0.3 is 0 Å². The van der Waals surface area contributed by atoms with Gasteiger partial charge in [-0.1, -0.05) is 30.7 Å². The fourth-order valence-electron chi connectivity index (χ4n) is 1.67. The van der Waals surface area contributed by atoms with E-state index in [2.05, 4.69) is 0 Å². The summed E-state index contributed by atoms with van der Waals surface area (Å²) in [5, 5.41) is 9.74. The molecule has 0 radical (unpaired) electrons. The van der Waals surface area contributed by atoms with Crippen LogP contribution in [0.3, 0.4) is 0 Å². The van der Waals surface area contributed by atoms with Gasteiger partial charge in [-0.15, -0.1) is 0 Å². The van der Waals surface area contributed by atoms with E-state index in [-0.39, 0.29) is 5.02 Å². The zero-order valence-corrected chi connectivity index (χ0v) is 11.2. The lowest BCUT2D eigenvalue weighted by atomic mass is 10.1. The van der Waals surface area contributed by atoms with Crippen molar-refractivity contribution in [3.05, 3.63) is 58.9 Å². The maximum Gasteiger partial charge on any atom is 0.145 e. The van der Waals surface area contributed by atoms with Crippen LogP contribution >= 0.6 is 11.6 Å². The predicted molar refractivity (Wildman–Crippen MR) is 73.2 cm³/mol. The number of halogens is 2. The number of hydrogen-bond donors (Lipinski definition) is 1. The van der Waals surface area contributed by atoms with Gasteiger partial charge in [0.15, 0.2) is 0 Å². The van der Waals surface area contributed by atoms with Gasteiger partial charge in [0.2, 0.25) is 0 Å². The summed E-state index contributed by atoms with van der Waals surface area (Å²) in [4.78, 5) is 0. The predicted octanol–water partition coefficient (Wildman–Crippen LogP) is 4.71. The van der Waals surface area contributed by atoms with E-state index >= 15 is 0 Å². The molecule has 100 valence electrons. The van der Waals surface area contributed by atoms with Gasteiger partial charge in [-0.2, -0.15) is 0 Å². The minimum absolute atomic E-state index is 0.0637. The first-order chi connectivity index (χ1) is 9.10. The number of benzene rings is 2. The third-order valence-corrected chi connectivity index (χ3v) is 3.08. The quantitative estimate of drug-likeness (QED) is 0.878. The van der Waals surface area contributed by atoms with Crippen molar-refractivity contribution in [2.75, 3.05) is 0 Å². The molecule has 0 aliphatic heterocycles. The van der Waals surface area contributed by atoms with Crippen LogP contribution in [-0.4, -0.2) is 5.11 Å². The van der Waals surface area contributed by atoms with Crippen molar-refractivity contribution >= 4 is 11.6 Å². The summed E-state index contributed by atoms with van der Waals surface area (Å²) in [6, 6.07) is 11.3. The standard InChI is InChI=1S/C15H14ClFO2/c1-2-15(18)10-3-5-11(6-4-10)19-12-7-8-13(16)14(17)9-12/h3-9,15,18H,2H2,1H3. The first-order valence-corrected chi connectivity index (χ1v) is 6.39. The topological polar surface area (TPSA) is 29.5 Å². The maximum atomic E-state index is 13.3. The molecule has 0 spiro atoms. The minimum Gasteiger partial charge on any atom is -0.457 e. The molecule has 1 atom stereocenters. The fourth-order valence-corrected chi connectivity index (χ4v) is 1.79. The van der Waals surface area contributed by atoms with Crippen molar-refractivity contribution in [1.29, 1.82) is 0 Å². The third kappa shape index (κ3) is 3.46. The molecule has 0 aliphatic rings. The summed E-state index contributed by atoms with van der Waals surface area (Å²) in [6.07, 6.45) is 0.185. The second kappa shape index (κ2) is 6.04. The molecule has 0 fully saturated rings. The molecule has 0 amide bonds. The summed E-state index contributed by atoms with van der Waals surface area (Å²) in [5.41, 5.74) is 0.831. The SMILES string of the molecule is CCC(O)c1ccc(Oc2ccc(Cl)c(F)c2)cc1. The highest BCUT2D eigenvalue weighted by Crippen LogP contribution is 2.26. The molecular formula is C15H14ClFO2. The molecular weight excluding hydrogens is 267 g/mol. The van der Waals surface area contributed by atoms with Crippen LogP contribution in [0.2, 0.25) is 5.02 Å². The molecule has 0 aliphatic carbocycles. The summed E-state index contributed by atoms with van der Waals surface area (Å²) in [5.74, 6) is 0.441. The van der Waals surface area contributed by atoms with Gasteiger partial charge in [-0.25, -0.2) is 4.39 Å². The molecule has 2 aromatic rings. The smallest absolute Gasteiger partial charge is 0.145 e. The first kappa shape index (κ1) is 13.8. The Morgan fingerprint density at radius 3 is 2.37 bits per heavy atom. The summed E-state index contributed by atoms with van der Waals surface area (Å²) < 4.78 is 18.8. The lowest BCUT2D eigenvalue weighted by molar-refractivity contribution is 0.173. The monoisotopic (exact) mass is 280 g/mol. The highest BCUT2D eigenvalue weighted by atomic mass is 35.5. The van der Waals surface area contributed by atoms with E-state index < -0.39 is 11.9 Å². The highest BCUT2D eigenvalue weighted by Gasteiger charge is 2.06. The van der Waals surface area contributed by atoms with Crippen molar-refractivity contribution in [3.8, 4) is 11.5 Å². The van der Waals surface area contributed by atoms with Crippen LogP contribution in [-0.2, 0) is 0 Å². The molecule has 1 N–H and O–H groups in total. The number of rotatable bonds is 4. The molecule has 19 heavy (non-hydrogen) atoms. The van der Waals surface area contributed by atoms with E-state index in [1.54, 1.807) is 30.3 Å². The van der Waals surface area contributed by atoms with Gasteiger partial charge < -0.3 is 9.84 Å². The van der Waals surface area contributed by atoms with Crippen molar-refractivity contribution in [2.24, 2.45) is 0 Å². The molecule has 0 heterocycles. The maximum absolute atomic E-state index is 13.3. The largest absolute Gasteiger partial charge is 0.457 e. The number of aliphatic hydroxyl groups is 1. The van der Waals surface area contributed by atoms with E-state index in [1.165, 1.54) is 12.1 Å². The molecule has 2 aromatic carbocycles. The van der Waals surface area contributed by atoms with Crippen LogP contribution in [0.4, 0.5) is 4.39 Å². The van der Waals surface area contributed by atoms with Crippen molar-refractivity contribution < 1.29 is 14.2 Å². The Morgan fingerprint density at radius 2 is 1.79 bits per heavy atom. The molecule has 0 aromatic heterocycles. The Balaban J connectivity index is 2.12. The van der Waals surface area contributed by atoms with E-state index in [0.717, 1.165) is 5.56 Å². The van der Waals surface area contributed by atoms with Crippen LogP contribution in [0.25, 0.3) is 0 Å². The van der Waals surface area contributed by atoms with Crippen LogP contribution in [0.5, 0.6) is 11.5 Å². The van der Waals surface area contributed by atoms with Crippen LogP contribution in [0.15, 0.2) is 42.5 Å². The van der Waals surface area contributed by atoms with Gasteiger partial charge in [0.1, 0.15) is 17.3 Å².